The third kappa shape index (κ3) is 6.23. The van der Waals surface area contributed by atoms with Gasteiger partial charge in [-0.1, -0.05) is 30.3 Å². The van der Waals surface area contributed by atoms with Crippen LogP contribution < -0.4 is 20.5 Å². The molecule has 39 heavy (non-hydrogen) atoms. The largest absolute Gasteiger partial charge is 0.456 e. The van der Waals surface area contributed by atoms with Crippen molar-refractivity contribution in [1.29, 1.82) is 5.41 Å². The van der Waals surface area contributed by atoms with Crippen molar-refractivity contribution in [3.63, 3.8) is 0 Å². The van der Waals surface area contributed by atoms with E-state index in [0.29, 0.717) is 28.5 Å². The Bertz CT molecular complexity index is 1640. The van der Waals surface area contributed by atoms with Crippen LogP contribution >= 0.6 is 0 Å². The number of halogens is 1. The number of carbonyl (C=O) groups excluding carboxylic acids is 1. The van der Waals surface area contributed by atoms with Crippen LogP contribution in [0, 0.1) is 11.2 Å². The molecule has 0 atom stereocenters. The number of nitrogens with zero attached hydrogens (tertiary/aromatic N) is 2. The number of anilines is 2. The van der Waals surface area contributed by atoms with Crippen LogP contribution in [-0.2, 0) is 4.79 Å². The lowest BCUT2D eigenvalue weighted by molar-refractivity contribution is -0.110. The number of pyridine rings is 2. The van der Waals surface area contributed by atoms with Crippen molar-refractivity contribution in [3.8, 4) is 34.3 Å². The molecule has 5 rings (SSSR count). The molecule has 0 aliphatic rings. The molecular formula is C30H22FN5O3. The van der Waals surface area contributed by atoms with Gasteiger partial charge in [0, 0.05) is 35.1 Å². The molecule has 3 aromatic carbocycles. The Morgan fingerprint density at radius 3 is 2.38 bits per heavy atom. The molecule has 1 amide bonds. The molecule has 4 N–H and O–H groups in total. The minimum atomic E-state index is -0.668. The standard InChI is InChI=1S/C30H22FN5O3/c31-21-5-4-8-24(15-21)39-28-12-10-22(17-35-28)36-30(37)29(33)26-14-19(9-11-27(26)32)20-13-25(18-34-16-20)38-23-6-2-1-3-7-23/h1-18,33H,32H2,(H,36,37). The van der Waals surface area contributed by atoms with Gasteiger partial charge in [0.15, 0.2) is 0 Å². The predicted octanol–water partition coefficient (Wildman–Crippen LogP) is 6.46. The van der Waals surface area contributed by atoms with E-state index in [4.69, 9.17) is 20.6 Å². The van der Waals surface area contributed by atoms with E-state index < -0.39 is 11.7 Å². The molecule has 192 valence electrons. The van der Waals surface area contributed by atoms with Gasteiger partial charge in [0.2, 0.25) is 5.88 Å². The molecule has 9 heteroatoms. The van der Waals surface area contributed by atoms with Crippen molar-refractivity contribution in [3.05, 3.63) is 121 Å². The van der Waals surface area contributed by atoms with Gasteiger partial charge in [-0.2, -0.15) is 0 Å². The monoisotopic (exact) mass is 519 g/mol. The number of aromatic nitrogens is 2. The first-order valence-electron chi connectivity index (χ1n) is 11.8. The summed E-state index contributed by atoms with van der Waals surface area (Å²) < 4.78 is 24.7. The molecule has 0 aliphatic heterocycles. The molecule has 0 unspecified atom stereocenters. The van der Waals surface area contributed by atoms with Crippen LogP contribution in [0.2, 0.25) is 0 Å². The lowest BCUT2D eigenvalue weighted by Gasteiger charge is -2.12. The number of amides is 1. The van der Waals surface area contributed by atoms with Crippen molar-refractivity contribution in [2.24, 2.45) is 0 Å². The number of benzene rings is 3. The second-order valence-electron chi connectivity index (χ2n) is 8.40. The van der Waals surface area contributed by atoms with Gasteiger partial charge in [-0.3, -0.25) is 15.2 Å². The predicted molar refractivity (Wildman–Crippen MR) is 147 cm³/mol. The zero-order valence-corrected chi connectivity index (χ0v) is 20.5. The number of ether oxygens (including phenoxy) is 2. The lowest BCUT2D eigenvalue weighted by atomic mass is 10.00. The number of carbonyl (C=O) groups is 1. The highest BCUT2D eigenvalue weighted by Crippen LogP contribution is 2.29. The summed E-state index contributed by atoms with van der Waals surface area (Å²) in [4.78, 5) is 21.2. The highest BCUT2D eigenvalue weighted by molar-refractivity contribution is 6.48. The number of nitrogens with two attached hydrogens (primary N) is 1. The summed E-state index contributed by atoms with van der Waals surface area (Å²) in [6.07, 6.45) is 4.64. The Balaban J connectivity index is 1.29. The van der Waals surface area contributed by atoms with Gasteiger partial charge in [-0.25, -0.2) is 9.37 Å². The van der Waals surface area contributed by atoms with Gasteiger partial charge in [-0.05, 0) is 54.1 Å². The number of rotatable bonds is 8. The molecule has 8 nitrogen and oxygen atoms in total. The second-order valence-corrected chi connectivity index (χ2v) is 8.40. The molecule has 0 spiro atoms. The van der Waals surface area contributed by atoms with Crippen molar-refractivity contribution in [2.45, 2.75) is 0 Å². The maximum absolute atomic E-state index is 13.4. The van der Waals surface area contributed by atoms with E-state index in [1.54, 1.807) is 42.7 Å². The fraction of sp³-hybridized carbons (Fsp3) is 0. The zero-order valence-electron chi connectivity index (χ0n) is 20.5. The molecule has 2 aromatic heterocycles. The smallest absolute Gasteiger partial charge is 0.274 e. The van der Waals surface area contributed by atoms with Gasteiger partial charge in [0.25, 0.3) is 5.91 Å². The molecule has 0 saturated carbocycles. The Morgan fingerprint density at radius 2 is 1.62 bits per heavy atom. The van der Waals surface area contributed by atoms with E-state index in [1.807, 2.05) is 36.4 Å². The lowest BCUT2D eigenvalue weighted by Crippen LogP contribution is -2.24. The van der Waals surface area contributed by atoms with Crippen molar-refractivity contribution in [1.82, 2.24) is 9.97 Å². The Hall–Kier alpha value is -5.57. The average Bonchev–Trinajstić information content (AvgIpc) is 2.95. The maximum atomic E-state index is 13.4. The fourth-order valence-corrected chi connectivity index (χ4v) is 3.69. The van der Waals surface area contributed by atoms with Crippen LogP contribution in [0.15, 0.2) is 110 Å². The number of nitrogen functional groups attached to an aromatic ring is 1. The van der Waals surface area contributed by atoms with E-state index in [0.717, 1.165) is 5.56 Å². The zero-order chi connectivity index (χ0) is 27.2. The van der Waals surface area contributed by atoms with Gasteiger partial charge in [0.05, 0.1) is 18.1 Å². The summed E-state index contributed by atoms with van der Waals surface area (Å²) in [5.41, 5.74) is 8.13. The summed E-state index contributed by atoms with van der Waals surface area (Å²) in [6.45, 7) is 0. The SMILES string of the molecule is N=C(C(=O)Nc1ccc(Oc2cccc(F)c2)nc1)c1cc(-c2cncc(Oc3ccccc3)c2)ccc1N. The summed E-state index contributed by atoms with van der Waals surface area (Å²) >= 11 is 0. The van der Waals surface area contributed by atoms with Crippen LogP contribution in [0.4, 0.5) is 15.8 Å². The van der Waals surface area contributed by atoms with Gasteiger partial charge < -0.3 is 20.5 Å². The quantitative estimate of drug-likeness (QED) is 0.160. The van der Waals surface area contributed by atoms with Gasteiger partial charge >= 0.3 is 0 Å². The number of para-hydroxylation sites is 1. The summed E-state index contributed by atoms with van der Waals surface area (Å²) in [6, 6.07) is 25.0. The molecule has 5 aromatic rings. The first-order valence-corrected chi connectivity index (χ1v) is 11.8. The highest BCUT2D eigenvalue weighted by atomic mass is 19.1. The van der Waals surface area contributed by atoms with Crippen LogP contribution in [0.3, 0.4) is 0 Å². The van der Waals surface area contributed by atoms with Crippen molar-refractivity contribution < 1.29 is 18.7 Å². The molecule has 0 aliphatic carbocycles. The first kappa shape index (κ1) is 25.1. The summed E-state index contributed by atoms with van der Waals surface area (Å²) in [5, 5.41) is 11.1. The van der Waals surface area contributed by atoms with E-state index >= 15 is 0 Å². The number of hydrogen-bond donors (Lipinski definition) is 3. The Morgan fingerprint density at radius 1 is 0.795 bits per heavy atom. The van der Waals surface area contributed by atoms with Gasteiger partial charge in [0.1, 0.15) is 28.8 Å². The normalized spacial score (nSPS) is 10.5. The van der Waals surface area contributed by atoms with E-state index in [2.05, 4.69) is 15.3 Å². The second kappa shape index (κ2) is 11.2. The molecule has 0 fully saturated rings. The summed E-state index contributed by atoms with van der Waals surface area (Å²) in [5.74, 6) is 0.640. The van der Waals surface area contributed by atoms with E-state index in [1.165, 1.54) is 30.5 Å². The number of nitrogens with one attached hydrogen (secondary N) is 2. The van der Waals surface area contributed by atoms with Crippen molar-refractivity contribution in [2.75, 3.05) is 11.1 Å². The fourth-order valence-electron chi connectivity index (χ4n) is 3.69. The van der Waals surface area contributed by atoms with Crippen LogP contribution in [0.1, 0.15) is 5.56 Å². The number of hydrogen-bond acceptors (Lipinski definition) is 7. The third-order valence-electron chi connectivity index (χ3n) is 5.59. The van der Waals surface area contributed by atoms with E-state index in [9.17, 15) is 9.18 Å². The van der Waals surface area contributed by atoms with E-state index in [-0.39, 0.29) is 22.8 Å². The average molecular weight is 520 g/mol. The van der Waals surface area contributed by atoms with Gasteiger partial charge in [-0.15, -0.1) is 0 Å². The van der Waals surface area contributed by atoms with Crippen LogP contribution in [-0.4, -0.2) is 21.6 Å². The Labute approximate surface area is 223 Å². The topological polar surface area (TPSA) is 123 Å². The van der Waals surface area contributed by atoms with Crippen LogP contribution in [0.25, 0.3) is 11.1 Å². The summed E-state index contributed by atoms with van der Waals surface area (Å²) in [7, 11) is 0. The molecule has 0 saturated heterocycles. The molecular weight excluding hydrogens is 497 g/mol. The molecule has 0 radical (unpaired) electrons. The minimum Gasteiger partial charge on any atom is -0.456 e. The van der Waals surface area contributed by atoms with Crippen LogP contribution in [0.5, 0.6) is 23.1 Å². The maximum Gasteiger partial charge on any atom is 0.274 e. The minimum absolute atomic E-state index is 0.220. The molecule has 2 heterocycles. The first-order chi connectivity index (χ1) is 18.9. The highest BCUT2D eigenvalue weighted by Gasteiger charge is 2.17. The third-order valence-corrected chi connectivity index (χ3v) is 5.59. The van der Waals surface area contributed by atoms with Crippen molar-refractivity contribution >= 4 is 23.0 Å². The molecule has 0 bridgehead atoms. The Kier molecular flexibility index (Phi) is 7.22.